The third-order valence-corrected chi connectivity index (χ3v) is 6.99. The Hall–Kier alpha value is -1.92. The lowest BCUT2D eigenvalue weighted by Crippen LogP contribution is -2.45. The van der Waals surface area contributed by atoms with Crippen molar-refractivity contribution in [1.82, 2.24) is 9.29 Å². The molecule has 5 nitrogen and oxygen atoms in total. The number of sulfonamides is 1. The van der Waals surface area contributed by atoms with Gasteiger partial charge in [-0.3, -0.25) is 0 Å². The van der Waals surface area contributed by atoms with Gasteiger partial charge in [0.15, 0.2) is 0 Å². The Balaban J connectivity index is 1.70. The van der Waals surface area contributed by atoms with Crippen molar-refractivity contribution in [1.29, 1.82) is 0 Å². The van der Waals surface area contributed by atoms with Gasteiger partial charge < -0.3 is 4.90 Å². The van der Waals surface area contributed by atoms with Crippen molar-refractivity contribution < 1.29 is 8.42 Å². The van der Waals surface area contributed by atoms with Crippen molar-refractivity contribution in [2.24, 2.45) is 0 Å². The maximum absolute atomic E-state index is 12.9. The highest BCUT2D eigenvalue weighted by Gasteiger charge is 2.31. The topological polar surface area (TPSA) is 53.5 Å². The SMILES string of the molecule is Cc1ccc(S(=O)(=O)N2CCC(N(C)c3ccccn3)CC2)cc1C. The van der Waals surface area contributed by atoms with E-state index in [4.69, 9.17) is 0 Å². The van der Waals surface area contributed by atoms with Crippen LogP contribution in [-0.2, 0) is 10.0 Å². The van der Waals surface area contributed by atoms with Gasteiger partial charge in [-0.05, 0) is 62.1 Å². The fourth-order valence-electron chi connectivity index (χ4n) is 3.24. The van der Waals surface area contributed by atoms with Gasteiger partial charge in [0, 0.05) is 32.4 Å². The summed E-state index contributed by atoms with van der Waals surface area (Å²) >= 11 is 0. The Morgan fingerprint density at radius 3 is 2.40 bits per heavy atom. The Morgan fingerprint density at radius 1 is 1.08 bits per heavy atom. The van der Waals surface area contributed by atoms with Crippen molar-refractivity contribution in [3.05, 3.63) is 53.7 Å². The van der Waals surface area contributed by atoms with Crippen LogP contribution in [0.5, 0.6) is 0 Å². The van der Waals surface area contributed by atoms with Gasteiger partial charge in [0.25, 0.3) is 0 Å². The molecular weight excluding hydrogens is 334 g/mol. The lowest BCUT2D eigenvalue weighted by Gasteiger charge is -2.36. The molecule has 1 aromatic carbocycles. The fourth-order valence-corrected chi connectivity index (χ4v) is 4.80. The molecule has 0 aliphatic carbocycles. The number of aryl methyl sites for hydroxylation is 2. The maximum atomic E-state index is 12.9. The van der Waals surface area contributed by atoms with E-state index in [2.05, 4.69) is 9.88 Å². The first-order chi connectivity index (χ1) is 11.9. The molecule has 0 saturated carbocycles. The molecule has 1 aliphatic rings. The van der Waals surface area contributed by atoms with E-state index in [-0.39, 0.29) is 0 Å². The highest BCUT2D eigenvalue weighted by atomic mass is 32.2. The number of hydrogen-bond donors (Lipinski definition) is 0. The van der Waals surface area contributed by atoms with Gasteiger partial charge in [-0.1, -0.05) is 12.1 Å². The third-order valence-electron chi connectivity index (χ3n) is 5.10. The molecule has 6 heteroatoms. The summed E-state index contributed by atoms with van der Waals surface area (Å²) in [4.78, 5) is 6.93. The minimum Gasteiger partial charge on any atom is -0.357 e. The molecule has 0 spiro atoms. The van der Waals surface area contributed by atoms with Crippen LogP contribution < -0.4 is 4.90 Å². The molecule has 0 amide bonds. The zero-order chi connectivity index (χ0) is 18.0. The van der Waals surface area contributed by atoms with Crippen molar-refractivity contribution >= 4 is 15.8 Å². The summed E-state index contributed by atoms with van der Waals surface area (Å²) < 4.78 is 27.4. The van der Waals surface area contributed by atoms with Crippen LogP contribution in [0.4, 0.5) is 5.82 Å². The predicted octanol–water partition coefficient (Wildman–Crippen LogP) is 2.99. The second-order valence-corrected chi connectivity index (χ2v) is 8.62. The molecule has 25 heavy (non-hydrogen) atoms. The van der Waals surface area contributed by atoms with E-state index in [0.29, 0.717) is 24.0 Å². The van der Waals surface area contributed by atoms with E-state index in [0.717, 1.165) is 29.8 Å². The molecule has 3 rings (SSSR count). The molecule has 2 aromatic rings. The molecule has 1 aliphatic heterocycles. The first kappa shape index (κ1) is 17.9. The Morgan fingerprint density at radius 2 is 1.80 bits per heavy atom. The van der Waals surface area contributed by atoms with Crippen LogP contribution in [0.25, 0.3) is 0 Å². The number of pyridine rings is 1. The highest BCUT2D eigenvalue weighted by molar-refractivity contribution is 7.89. The quantitative estimate of drug-likeness (QED) is 0.842. The van der Waals surface area contributed by atoms with Crippen molar-refractivity contribution in [2.45, 2.75) is 37.6 Å². The summed E-state index contributed by atoms with van der Waals surface area (Å²) in [5, 5.41) is 0. The lowest BCUT2D eigenvalue weighted by atomic mass is 10.1. The largest absolute Gasteiger partial charge is 0.357 e. The molecule has 134 valence electrons. The Bertz CT molecular complexity index is 829. The first-order valence-corrected chi connectivity index (χ1v) is 10.0. The monoisotopic (exact) mass is 359 g/mol. The third kappa shape index (κ3) is 3.70. The van der Waals surface area contributed by atoms with Gasteiger partial charge in [-0.25, -0.2) is 13.4 Å². The number of nitrogens with zero attached hydrogens (tertiary/aromatic N) is 3. The summed E-state index contributed by atoms with van der Waals surface area (Å²) in [6.45, 7) is 5.02. The van der Waals surface area contributed by atoms with Gasteiger partial charge in [-0.2, -0.15) is 4.31 Å². The molecule has 0 unspecified atom stereocenters. The first-order valence-electron chi connectivity index (χ1n) is 8.61. The molecule has 0 atom stereocenters. The van der Waals surface area contributed by atoms with Crippen molar-refractivity contribution in [3.63, 3.8) is 0 Å². The van der Waals surface area contributed by atoms with Gasteiger partial charge in [0.2, 0.25) is 10.0 Å². The van der Waals surface area contributed by atoms with Crippen molar-refractivity contribution in [3.8, 4) is 0 Å². The summed E-state index contributed by atoms with van der Waals surface area (Å²) in [5.74, 6) is 0.929. The summed E-state index contributed by atoms with van der Waals surface area (Å²) in [6, 6.07) is 11.5. The molecule has 1 fully saturated rings. The number of aromatic nitrogens is 1. The van der Waals surface area contributed by atoms with E-state index in [9.17, 15) is 8.42 Å². The Kier molecular flexibility index (Phi) is 5.11. The van der Waals surface area contributed by atoms with Crippen LogP contribution in [-0.4, -0.2) is 43.9 Å². The van der Waals surface area contributed by atoms with Crippen LogP contribution in [0, 0.1) is 13.8 Å². The normalized spacial score (nSPS) is 16.8. The summed E-state index contributed by atoms with van der Waals surface area (Å²) in [7, 11) is -1.39. The van der Waals surface area contributed by atoms with Crippen LogP contribution >= 0.6 is 0 Å². The lowest BCUT2D eigenvalue weighted by molar-refractivity contribution is 0.314. The second kappa shape index (κ2) is 7.14. The minimum atomic E-state index is -3.42. The van der Waals surface area contributed by atoms with Crippen LogP contribution in [0.3, 0.4) is 0 Å². The maximum Gasteiger partial charge on any atom is 0.243 e. The number of anilines is 1. The second-order valence-electron chi connectivity index (χ2n) is 6.68. The summed E-state index contributed by atoms with van der Waals surface area (Å²) in [6.07, 6.45) is 3.39. The molecule has 2 heterocycles. The highest BCUT2D eigenvalue weighted by Crippen LogP contribution is 2.25. The van der Waals surface area contributed by atoms with E-state index in [1.807, 2.05) is 45.2 Å². The Labute approximate surface area is 150 Å². The number of rotatable bonds is 4. The van der Waals surface area contributed by atoms with Gasteiger partial charge >= 0.3 is 0 Å². The van der Waals surface area contributed by atoms with E-state index < -0.39 is 10.0 Å². The zero-order valence-electron chi connectivity index (χ0n) is 15.0. The van der Waals surface area contributed by atoms with Crippen LogP contribution in [0.2, 0.25) is 0 Å². The summed E-state index contributed by atoms with van der Waals surface area (Å²) in [5.41, 5.74) is 2.11. The standard InChI is InChI=1S/C19H25N3O2S/c1-15-7-8-18(14-16(15)2)25(23,24)22-12-9-17(10-13-22)21(3)19-6-4-5-11-20-19/h4-8,11,14,17H,9-10,12-13H2,1-3H3. The number of hydrogen-bond acceptors (Lipinski definition) is 4. The van der Waals surface area contributed by atoms with Gasteiger partial charge in [0.1, 0.15) is 5.82 Å². The van der Waals surface area contributed by atoms with Gasteiger partial charge in [0.05, 0.1) is 4.90 Å². The number of piperidine rings is 1. The van der Waals surface area contributed by atoms with E-state index in [1.165, 1.54) is 0 Å². The van der Waals surface area contributed by atoms with E-state index >= 15 is 0 Å². The average Bonchev–Trinajstić information content (AvgIpc) is 2.64. The predicted molar refractivity (Wildman–Crippen MR) is 100 cm³/mol. The minimum absolute atomic E-state index is 0.307. The molecule has 0 radical (unpaired) electrons. The molecular formula is C19H25N3O2S. The molecule has 1 saturated heterocycles. The van der Waals surface area contributed by atoms with Crippen LogP contribution in [0.15, 0.2) is 47.5 Å². The fraction of sp³-hybridized carbons (Fsp3) is 0.421. The van der Waals surface area contributed by atoms with Crippen molar-refractivity contribution in [2.75, 3.05) is 25.0 Å². The average molecular weight is 359 g/mol. The number of benzene rings is 1. The zero-order valence-corrected chi connectivity index (χ0v) is 15.8. The molecule has 0 bridgehead atoms. The van der Waals surface area contributed by atoms with E-state index in [1.54, 1.807) is 22.6 Å². The van der Waals surface area contributed by atoms with Crippen LogP contribution in [0.1, 0.15) is 24.0 Å². The molecule has 1 aromatic heterocycles. The van der Waals surface area contributed by atoms with Gasteiger partial charge in [-0.15, -0.1) is 0 Å². The smallest absolute Gasteiger partial charge is 0.243 e. The molecule has 0 N–H and O–H groups in total.